The molecule has 0 spiro atoms. The summed E-state index contributed by atoms with van der Waals surface area (Å²) in [6.07, 6.45) is 0. The van der Waals surface area contributed by atoms with Crippen molar-refractivity contribution in [3.8, 4) is 0 Å². The molecule has 2 N–H and O–H groups in total. The summed E-state index contributed by atoms with van der Waals surface area (Å²) in [7, 11) is -7.80. The van der Waals surface area contributed by atoms with Gasteiger partial charge in [0.2, 0.25) is 4.77 Å². The number of hydrogen-bond donors (Lipinski definition) is 2. The van der Waals surface area contributed by atoms with Gasteiger partial charge in [-0.1, -0.05) is 90.0 Å². The van der Waals surface area contributed by atoms with Gasteiger partial charge in [0.25, 0.3) is 11.8 Å². The van der Waals surface area contributed by atoms with Gasteiger partial charge in [0.1, 0.15) is 15.9 Å². The van der Waals surface area contributed by atoms with Crippen molar-refractivity contribution < 1.29 is 38.5 Å². The summed E-state index contributed by atoms with van der Waals surface area (Å²) in [6, 6.07) is 44.6. The van der Waals surface area contributed by atoms with Gasteiger partial charge in [-0.05, 0) is 86.1 Å². The van der Waals surface area contributed by atoms with Crippen molar-refractivity contribution in [1.82, 2.24) is 5.32 Å². The summed E-state index contributed by atoms with van der Waals surface area (Å²) in [5.41, 5.74) is 3.12. The van der Waals surface area contributed by atoms with Gasteiger partial charge < -0.3 is 10.6 Å². The van der Waals surface area contributed by atoms with E-state index in [9.17, 15) is 9.59 Å². The van der Waals surface area contributed by atoms with E-state index in [2.05, 4.69) is 10.6 Å². The number of halogens is 2. The molecule has 0 heterocycles. The third-order valence-corrected chi connectivity index (χ3v) is 12.0. The third-order valence-electron chi connectivity index (χ3n) is 7.02. The minimum absolute atomic E-state index is 0.00714. The Kier molecular flexibility index (Phi) is 12.0. The maximum Gasteiger partial charge on any atom is 0.277 e. The number of aryl methyl sites for hydroxylation is 2. The van der Waals surface area contributed by atoms with Crippen LogP contribution < -0.4 is 45.2 Å². The molecule has 240 valence electrons. The second kappa shape index (κ2) is 16.0. The summed E-state index contributed by atoms with van der Waals surface area (Å²) in [4.78, 5) is 27.8. The third kappa shape index (κ3) is 9.35. The average molecular weight is 690 g/mol. The zero-order valence-electron chi connectivity index (χ0n) is 25.4. The molecule has 0 radical (unpaired) electrons. The number of carbonyl (C=O) groups excluding carboxylic acids is 2. The molecule has 5 aromatic carbocycles. The number of anilines is 1. The van der Waals surface area contributed by atoms with Crippen molar-refractivity contribution in [3.63, 3.8) is 0 Å². The van der Waals surface area contributed by atoms with Crippen LogP contribution in [0.1, 0.15) is 21.5 Å². The average Bonchev–Trinajstić information content (AvgIpc) is 3.06. The first kappa shape index (κ1) is 35.5. The largest absolute Gasteiger partial charge is 0.321 e. The second-order valence-corrected chi connectivity index (χ2v) is 15.1. The van der Waals surface area contributed by atoms with Crippen LogP contribution in [0.4, 0.5) is 5.69 Å². The summed E-state index contributed by atoms with van der Waals surface area (Å²) in [5.74, 6) is -0.925. The Labute approximate surface area is 281 Å². The molecule has 0 atom stereocenters. The van der Waals surface area contributed by atoms with Crippen molar-refractivity contribution in [2.75, 3.05) is 5.32 Å². The van der Waals surface area contributed by atoms with E-state index in [1.165, 1.54) is 0 Å². The zero-order valence-corrected chi connectivity index (χ0v) is 27.8. The van der Waals surface area contributed by atoms with E-state index in [0.29, 0.717) is 11.3 Å². The highest BCUT2D eigenvalue weighted by atomic mass is 35.7. The van der Waals surface area contributed by atoms with Crippen LogP contribution in [0.25, 0.3) is 0 Å². The Morgan fingerprint density at radius 2 is 0.957 bits per heavy atom. The van der Waals surface area contributed by atoms with E-state index in [0.717, 1.165) is 27.0 Å². The molecule has 0 saturated carbocycles. The van der Waals surface area contributed by atoms with Gasteiger partial charge in [0.05, 0.1) is 0 Å². The van der Waals surface area contributed by atoms with Crippen LogP contribution in [0.15, 0.2) is 150 Å². The first-order valence-corrected chi connectivity index (χ1v) is 17.6. The lowest BCUT2D eigenvalue weighted by Crippen LogP contribution is -2.68. The van der Waals surface area contributed by atoms with Crippen LogP contribution in [0.5, 0.6) is 0 Å². The van der Waals surface area contributed by atoms with Gasteiger partial charge >= 0.3 is 0 Å². The number of hydrogen-bond acceptors (Lipinski definition) is 6. The number of carbonyl (C=O) groups is 2. The summed E-state index contributed by atoms with van der Waals surface area (Å²) >= 11 is 7.57. The first-order chi connectivity index (χ1) is 22.4. The van der Waals surface area contributed by atoms with E-state index in [-0.39, 0.29) is 10.5 Å². The van der Waals surface area contributed by atoms with Crippen molar-refractivity contribution in [3.05, 3.63) is 167 Å². The van der Waals surface area contributed by atoms with Crippen molar-refractivity contribution in [1.29, 1.82) is 0 Å². The maximum absolute atomic E-state index is 14.2. The van der Waals surface area contributed by atoms with Gasteiger partial charge in [-0.2, -0.15) is 0 Å². The van der Waals surface area contributed by atoms with Gasteiger partial charge in [0.15, 0.2) is 13.0 Å². The van der Waals surface area contributed by atoms with Crippen molar-refractivity contribution in [2.45, 2.75) is 13.8 Å². The fraction of sp³-hybridized carbons (Fsp3) is 0.0556. The topological polar surface area (TPSA) is 150 Å². The lowest BCUT2D eigenvalue weighted by molar-refractivity contribution is -2.00. The minimum atomic E-state index is -4.94. The highest BCUT2D eigenvalue weighted by Crippen LogP contribution is 2.64. The summed E-state index contributed by atoms with van der Waals surface area (Å²) < 4.78 is 34.2. The van der Waals surface area contributed by atoms with E-state index >= 15 is 0 Å². The van der Waals surface area contributed by atoms with Gasteiger partial charge in [-0.25, -0.2) is 18.6 Å². The second-order valence-electron chi connectivity index (χ2n) is 10.4. The Bertz CT molecular complexity index is 1710. The van der Waals surface area contributed by atoms with Crippen molar-refractivity contribution in [2.24, 2.45) is 0 Å². The van der Waals surface area contributed by atoms with Gasteiger partial charge in [0, 0.05) is 11.3 Å². The van der Waals surface area contributed by atoms with Crippen LogP contribution >= 0.6 is 18.9 Å². The van der Waals surface area contributed by atoms with Gasteiger partial charge in [-0.3, -0.25) is 9.59 Å². The first-order valence-electron chi connectivity index (χ1n) is 14.2. The highest BCUT2D eigenvalue weighted by Gasteiger charge is 2.52. The molecular formula is C36H31Cl2N2O6P. The number of nitrogens with one attached hydrogen (secondary N) is 2. The van der Waals surface area contributed by atoms with Crippen LogP contribution in [-0.4, -0.2) is 11.8 Å². The predicted octanol–water partition coefficient (Wildman–Crippen LogP) is 2.32. The smallest absolute Gasteiger partial charge is 0.277 e. The Balaban J connectivity index is 0.000000930. The summed E-state index contributed by atoms with van der Waals surface area (Å²) in [5, 5.41) is 8.76. The van der Waals surface area contributed by atoms with E-state index in [4.69, 9.17) is 30.2 Å². The Morgan fingerprint density at radius 1 is 0.596 bits per heavy atom. The van der Waals surface area contributed by atoms with Crippen molar-refractivity contribution >= 4 is 52.3 Å². The molecule has 0 unspecified atom stereocenters. The van der Waals surface area contributed by atoms with Crippen LogP contribution in [0.3, 0.4) is 0 Å². The molecule has 0 aromatic heterocycles. The fourth-order valence-electron chi connectivity index (χ4n) is 4.83. The highest BCUT2D eigenvalue weighted by molar-refractivity contribution is 8.00. The van der Waals surface area contributed by atoms with E-state index in [1.807, 2.05) is 141 Å². The quantitative estimate of drug-likeness (QED) is 0.189. The molecule has 11 heteroatoms. The molecule has 8 nitrogen and oxygen atoms in total. The molecule has 0 aliphatic heterocycles. The van der Waals surface area contributed by atoms with E-state index in [1.54, 1.807) is 12.1 Å². The normalized spacial score (nSPS) is 11.8. The Morgan fingerprint density at radius 3 is 1.34 bits per heavy atom. The van der Waals surface area contributed by atoms with Crippen LogP contribution in [-0.2, 0) is 4.79 Å². The Hall–Kier alpha value is -4.37. The molecule has 0 bridgehead atoms. The fourth-order valence-corrected chi connectivity index (χ4v) is 9.77. The molecular weight excluding hydrogens is 658 g/mol. The number of benzene rings is 5. The molecule has 0 aliphatic rings. The standard InChI is InChI=1S/C36H30ClN2O2P.ClHO4/c1-26-18-22-28(23-19-26)35(40)39-33(36(41)38-29-24-20-27(2)21-25-29)34(37)42(30-12-6-3-7-13-30,31-14-8-4-9-15-31)32-16-10-5-11-17-32;2-1(3,4)5/h3-25H,1-2H3,(H-,38,39,40,41);(H,2,3,4,5). The molecule has 0 fully saturated rings. The molecule has 5 aromatic rings. The van der Waals surface area contributed by atoms with E-state index < -0.39 is 29.3 Å². The minimum Gasteiger partial charge on any atom is -0.321 e. The number of rotatable bonds is 8. The molecule has 2 amide bonds. The van der Waals surface area contributed by atoms with Crippen LogP contribution in [0, 0.1) is 24.1 Å². The maximum atomic E-state index is 14.2. The SMILES string of the molecule is Cc1ccc(NC(=O)C(NC(=O)c2ccc(C)cc2)=C(Cl)[P+](c2ccccc2)(c2ccccc2)c2ccccc2)cc1.[O-][Cl+3]([O-])([O-])[O-]. The lowest BCUT2D eigenvalue weighted by atomic mass is 10.1. The number of amides is 2. The molecule has 5 rings (SSSR count). The van der Waals surface area contributed by atoms with Gasteiger partial charge in [-0.15, -0.1) is 10.2 Å². The predicted molar refractivity (Wildman–Crippen MR) is 176 cm³/mol. The lowest BCUT2D eigenvalue weighted by Gasteiger charge is -2.28. The molecule has 47 heavy (non-hydrogen) atoms. The zero-order chi connectivity index (χ0) is 34.0. The monoisotopic (exact) mass is 688 g/mol. The molecule has 0 aliphatic carbocycles. The molecule has 0 saturated heterocycles. The van der Waals surface area contributed by atoms with Crippen LogP contribution in [0.2, 0.25) is 0 Å². The summed E-state index contributed by atoms with van der Waals surface area (Å²) in [6.45, 7) is 3.94.